The van der Waals surface area contributed by atoms with Crippen LogP contribution in [0.5, 0.6) is 11.5 Å². The summed E-state index contributed by atoms with van der Waals surface area (Å²) >= 11 is 5.74. The van der Waals surface area contributed by atoms with E-state index in [1.165, 1.54) is 10.6 Å². The molecule has 21 heavy (non-hydrogen) atoms. The second-order valence-corrected chi connectivity index (χ2v) is 4.73. The van der Waals surface area contributed by atoms with E-state index in [-0.39, 0.29) is 10.7 Å². The van der Waals surface area contributed by atoms with E-state index in [0.717, 1.165) is 0 Å². The maximum Gasteiger partial charge on any atom is 0.255 e. The van der Waals surface area contributed by atoms with Crippen molar-refractivity contribution in [1.29, 1.82) is 0 Å². The molecule has 0 spiro atoms. The van der Waals surface area contributed by atoms with Crippen LogP contribution in [-0.2, 0) is 6.54 Å². The van der Waals surface area contributed by atoms with E-state index < -0.39 is 0 Å². The molecule has 5 nitrogen and oxygen atoms in total. The Labute approximate surface area is 128 Å². The topological polar surface area (TPSA) is 53.4 Å². The number of aryl methyl sites for hydroxylation is 1. The van der Waals surface area contributed by atoms with Gasteiger partial charge in [-0.2, -0.15) is 0 Å². The SMILES string of the molecule is CCOc1ccccc1OCCn1c(C)nc(Cl)cc1=O. The monoisotopic (exact) mass is 308 g/mol. The summed E-state index contributed by atoms with van der Waals surface area (Å²) in [6.45, 7) is 4.96. The van der Waals surface area contributed by atoms with Gasteiger partial charge in [0.2, 0.25) is 0 Å². The van der Waals surface area contributed by atoms with Crippen LogP contribution in [0.1, 0.15) is 12.7 Å². The third-order valence-corrected chi connectivity index (χ3v) is 3.08. The fourth-order valence-electron chi connectivity index (χ4n) is 1.95. The van der Waals surface area contributed by atoms with Gasteiger partial charge in [0.05, 0.1) is 13.2 Å². The number of aromatic nitrogens is 2. The molecule has 0 N–H and O–H groups in total. The van der Waals surface area contributed by atoms with Gasteiger partial charge < -0.3 is 9.47 Å². The second kappa shape index (κ2) is 7.13. The average molecular weight is 309 g/mol. The Morgan fingerprint density at radius 2 is 1.90 bits per heavy atom. The number of benzene rings is 1. The average Bonchev–Trinajstić information content (AvgIpc) is 2.43. The molecule has 2 aromatic rings. The third-order valence-electron chi connectivity index (χ3n) is 2.89. The van der Waals surface area contributed by atoms with Crippen LogP contribution >= 0.6 is 11.6 Å². The molecular formula is C15H17ClN2O3. The summed E-state index contributed by atoms with van der Waals surface area (Å²) in [6.07, 6.45) is 0. The van der Waals surface area contributed by atoms with Crippen molar-refractivity contribution >= 4 is 11.6 Å². The molecule has 1 heterocycles. The van der Waals surface area contributed by atoms with Crippen LogP contribution in [0, 0.1) is 6.92 Å². The highest BCUT2D eigenvalue weighted by molar-refractivity contribution is 6.29. The van der Waals surface area contributed by atoms with Gasteiger partial charge in [0.1, 0.15) is 17.6 Å². The van der Waals surface area contributed by atoms with E-state index in [9.17, 15) is 4.79 Å². The van der Waals surface area contributed by atoms with E-state index in [2.05, 4.69) is 4.98 Å². The fraction of sp³-hybridized carbons (Fsp3) is 0.333. The molecule has 0 bridgehead atoms. The molecule has 2 rings (SSSR count). The molecular weight excluding hydrogens is 292 g/mol. The zero-order chi connectivity index (χ0) is 15.2. The summed E-state index contributed by atoms with van der Waals surface area (Å²) in [5, 5.41) is 0.205. The molecule has 0 atom stereocenters. The summed E-state index contributed by atoms with van der Waals surface area (Å²) in [5.41, 5.74) is -0.186. The molecule has 0 saturated carbocycles. The van der Waals surface area contributed by atoms with Crippen LogP contribution < -0.4 is 15.0 Å². The first-order valence-corrected chi connectivity index (χ1v) is 7.08. The minimum Gasteiger partial charge on any atom is -0.490 e. The molecule has 1 aromatic carbocycles. The van der Waals surface area contributed by atoms with Crippen molar-refractivity contribution in [2.45, 2.75) is 20.4 Å². The number of hydrogen-bond donors (Lipinski definition) is 0. The lowest BCUT2D eigenvalue weighted by Gasteiger charge is -2.13. The molecule has 0 aliphatic rings. The predicted molar refractivity (Wildman–Crippen MR) is 81.4 cm³/mol. The van der Waals surface area contributed by atoms with Gasteiger partial charge in [-0.05, 0) is 26.0 Å². The molecule has 112 valence electrons. The number of nitrogens with zero attached hydrogens (tertiary/aromatic N) is 2. The Kier molecular flexibility index (Phi) is 5.22. The van der Waals surface area contributed by atoms with Gasteiger partial charge in [-0.15, -0.1) is 0 Å². The van der Waals surface area contributed by atoms with Gasteiger partial charge in [-0.1, -0.05) is 23.7 Å². The van der Waals surface area contributed by atoms with Crippen LogP contribution in [0.3, 0.4) is 0 Å². The van der Waals surface area contributed by atoms with Crippen molar-refractivity contribution in [2.24, 2.45) is 0 Å². The number of para-hydroxylation sites is 2. The lowest BCUT2D eigenvalue weighted by atomic mass is 10.3. The van der Waals surface area contributed by atoms with Crippen LogP contribution in [0.4, 0.5) is 0 Å². The Morgan fingerprint density at radius 1 is 1.24 bits per heavy atom. The van der Waals surface area contributed by atoms with E-state index >= 15 is 0 Å². The third kappa shape index (κ3) is 3.98. The minimum atomic E-state index is -0.186. The van der Waals surface area contributed by atoms with Gasteiger partial charge in [0.25, 0.3) is 5.56 Å². The van der Waals surface area contributed by atoms with Crippen LogP contribution in [0.15, 0.2) is 35.1 Å². The van der Waals surface area contributed by atoms with E-state index in [1.54, 1.807) is 6.92 Å². The summed E-state index contributed by atoms with van der Waals surface area (Å²) in [5.74, 6) is 1.92. The molecule has 0 amide bonds. The highest BCUT2D eigenvalue weighted by Gasteiger charge is 2.06. The highest BCUT2D eigenvalue weighted by Crippen LogP contribution is 2.26. The number of ether oxygens (including phenoxy) is 2. The first-order chi connectivity index (χ1) is 10.1. The molecule has 0 unspecified atom stereocenters. The number of halogens is 1. The zero-order valence-electron chi connectivity index (χ0n) is 12.0. The Balaban J connectivity index is 2.04. The maximum absolute atomic E-state index is 11.8. The molecule has 0 aliphatic carbocycles. The van der Waals surface area contributed by atoms with Crippen LogP contribution in [0.25, 0.3) is 0 Å². The molecule has 1 aromatic heterocycles. The summed E-state index contributed by atoms with van der Waals surface area (Å²) < 4.78 is 12.7. The van der Waals surface area contributed by atoms with Crippen molar-refractivity contribution in [3.05, 3.63) is 51.7 Å². The van der Waals surface area contributed by atoms with Crippen molar-refractivity contribution in [2.75, 3.05) is 13.2 Å². The Hall–Kier alpha value is -2.01. The van der Waals surface area contributed by atoms with Gasteiger partial charge in [0.15, 0.2) is 11.5 Å². The van der Waals surface area contributed by atoms with Crippen LogP contribution in [-0.4, -0.2) is 22.8 Å². The lowest BCUT2D eigenvalue weighted by molar-refractivity contribution is 0.264. The first-order valence-electron chi connectivity index (χ1n) is 6.70. The van der Waals surface area contributed by atoms with E-state index in [4.69, 9.17) is 21.1 Å². The maximum atomic E-state index is 11.8. The van der Waals surface area contributed by atoms with Gasteiger partial charge in [-0.3, -0.25) is 9.36 Å². The Bertz CT molecular complexity index is 670. The minimum absolute atomic E-state index is 0.186. The molecule has 0 radical (unpaired) electrons. The van der Waals surface area contributed by atoms with Gasteiger partial charge in [-0.25, -0.2) is 4.98 Å². The summed E-state index contributed by atoms with van der Waals surface area (Å²) in [7, 11) is 0. The predicted octanol–water partition coefficient (Wildman–Crippen LogP) is 2.68. The molecule has 0 saturated heterocycles. The zero-order valence-corrected chi connectivity index (χ0v) is 12.8. The van der Waals surface area contributed by atoms with Gasteiger partial charge in [0, 0.05) is 6.07 Å². The summed E-state index contributed by atoms with van der Waals surface area (Å²) in [4.78, 5) is 15.9. The fourth-order valence-corrected chi connectivity index (χ4v) is 2.17. The number of rotatable bonds is 6. The highest BCUT2D eigenvalue weighted by atomic mass is 35.5. The van der Waals surface area contributed by atoms with Gasteiger partial charge >= 0.3 is 0 Å². The standard InChI is InChI=1S/C15H17ClN2O3/c1-3-20-12-6-4-5-7-13(12)21-9-8-18-11(2)17-14(16)10-15(18)19/h4-7,10H,3,8-9H2,1-2H3. The number of hydrogen-bond acceptors (Lipinski definition) is 4. The van der Waals surface area contributed by atoms with Crippen molar-refractivity contribution in [3.63, 3.8) is 0 Å². The van der Waals surface area contributed by atoms with E-state index in [1.807, 2.05) is 31.2 Å². The molecule has 0 aliphatic heterocycles. The largest absolute Gasteiger partial charge is 0.490 e. The van der Waals surface area contributed by atoms with Crippen LogP contribution in [0.2, 0.25) is 5.15 Å². The van der Waals surface area contributed by atoms with Crippen molar-refractivity contribution < 1.29 is 9.47 Å². The van der Waals surface area contributed by atoms with Crippen molar-refractivity contribution in [3.8, 4) is 11.5 Å². The first kappa shape index (κ1) is 15.4. The second-order valence-electron chi connectivity index (χ2n) is 4.34. The lowest BCUT2D eigenvalue weighted by Crippen LogP contribution is -2.25. The quantitative estimate of drug-likeness (QED) is 0.770. The molecule has 0 fully saturated rings. The van der Waals surface area contributed by atoms with E-state index in [0.29, 0.717) is 37.1 Å². The molecule has 6 heteroatoms. The normalized spacial score (nSPS) is 10.4. The Morgan fingerprint density at radius 3 is 2.52 bits per heavy atom. The van der Waals surface area contributed by atoms with Crippen molar-refractivity contribution in [1.82, 2.24) is 9.55 Å². The summed E-state index contributed by atoms with van der Waals surface area (Å²) in [6, 6.07) is 8.73. The smallest absolute Gasteiger partial charge is 0.255 e.